The predicted molar refractivity (Wildman–Crippen MR) is 166 cm³/mol. The number of carbonyl (C=O) groups excluding carboxylic acids is 2. The molecular weight excluding hydrogens is 613 g/mol. The molecule has 0 saturated heterocycles. The van der Waals surface area contributed by atoms with Crippen molar-refractivity contribution in [3.8, 4) is 10.6 Å². The predicted octanol–water partition coefficient (Wildman–Crippen LogP) is 4.69. The van der Waals surface area contributed by atoms with Crippen molar-refractivity contribution in [2.45, 2.75) is 17.9 Å². The molecule has 2 aromatic carbocycles. The van der Waals surface area contributed by atoms with Crippen LogP contribution in [-0.2, 0) is 37.2 Å². The highest BCUT2D eigenvalue weighted by Crippen LogP contribution is 2.46. The van der Waals surface area contributed by atoms with Crippen LogP contribution in [0.4, 0.5) is 9.80 Å². The Morgan fingerprint density at radius 3 is 2.35 bits per heavy atom. The van der Waals surface area contributed by atoms with Gasteiger partial charge in [0.25, 0.3) is 5.91 Å². The summed E-state index contributed by atoms with van der Waals surface area (Å²) >= 11 is 2.95. The number of nitrogens with zero attached hydrogens (tertiary/aromatic N) is 3. The number of thiazole rings is 1. The van der Waals surface area contributed by atoms with Crippen LogP contribution in [-0.4, -0.2) is 88.8 Å². The van der Waals surface area contributed by atoms with Gasteiger partial charge in [0.2, 0.25) is 10.0 Å². The number of sulfonamides is 1. The molecule has 3 heterocycles. The summed E-state index contributed by atoms with van der Waals surface area (Å²) < 4.78 is 44.0. The van der Waals surface area contributed by atoms with Crippen molar-refractivity contribution in [2.75, 3.05) is 59.5 Å². The Labute approximate surface area is 258 Å². The summed E-state index contributed by atoms with van der Waals surface area (Å²) in [7, 11) is 0.554. The molecule has 0 unspecified atom stereocenters. The molecule has 11 nitrogen and oxygen atoms in total. The summed E-state index contributed by atoms with van der Waals surface area (Å²) in [4.78, 5) is 33.2. The molecule has 0 aliphatic carbocycles. The van der Waals surface area contributed by atoms with E-state index in [-0.39, 0.29) is 37.1 Å². The lowest BCUT2D eigenvalue weighted by Crippen LogP contribution is -2.36. The summed E-state index contributed by atoms with van der Waals surface area (Å²) in [6.07, 6.45) is 0.196. The van der Waals surface area contributed by atoms with Crippen LogP contribution in [0, 0.1) is 0 Å². The SMILES string of the molecule is COCCN(CCOC)S(=O)(=O)c1ccc(C(=O)Nc2sc3c(c2-c2nc4ccccc4s2)CCN(C(=O)OC)C3)cc1. The topological polar surface area (TPSA) is 127 Å². The van der Waals surface area contributed by atoms with Crippen molar-refractivity contribution >= 4 is 59.9 Å². The zero-order valence-electron chi connectivity index (χ0n) is 24.0. The molecule has 43 heavy (non-hydrogen) atoms. The van der Waals surface area contributed by atoms with E-state index >= 15 is 0 Å². The second kappa shape index (κ2) is 13.5. The molecule has 0 radical (unpaired) electrons. The summed E-state index contributed by atoms with van der Waals surface area (Å²) in [6.45, 7) is 1.69. The van der Waals surface area contributed by atoms with Gasteiger partial charge in [-0.3, -0.25) is 4.79 Å². The molecule has 228 valence electrons. The first-order valence-corrected chi connectivity index (χ1v) is 16.6. The van der Waals surface area contributed by atoms with Gasteiger partial charge in [-0.05, 0) is 48.4 Å². The summed E-state index contributed by atoms with van der Waals surface area (Å²) in [5.41, 5.74) is 3.07. The third-order valence-corrected chi connectivity index (χ3v) is 11.2. The molecule has 2 aromatic heterocycles. The molecule has 0 spiro atoms. The third-order valence-electron chi connectivity index (χ3n) is 7.07. The largest absolute Gasteiger partial charge is 0.453 e. The van der Waals surface area contributed by atoms with Gasteiger partial charge in [-0.2, -0.15) is 4.31 Å². The molecule has 1 N–H and O–H groups in total. The first-order valence-electron chi connectivity index (χ1n) is 13.5. The van der Waals surface area contributed by atoms with Crippen molar-refractivity contribution in [1.29, 1.82) is 0 Å². The van der Waals surface area contributed by atoms with Crippen molar-refractivity contribution in [3.63, 3.8) is 0 Å². The Bertz CT molecular complexity index is 1680. The number of thiophene rings is 1. The maximum absolute atomic E-state index is 13.5. The number of rotatable bonds is 11. The van der Waals surface area contributed by atoms with E-state index in [1.807, 2.05) is 24.3 Å². The maximum Gasteiger partial charge on any atom is 0.409 e. The minimum atomic E-state index is -3.82. The number of aromatic nitrogens is 1. The van der Waals surface area contributed by atoms with Gasteiger partial charge in [0.1, 0.15) is 10.0 Å². The van der Waals surface area contributed by atoms with Crippen molar-refractivity contribution in [2.24, 2.45) is 0 Å². The number of anilines is 1. The fraction of sp³-hybridized carbons (Fsp3) is 0.345. The van der Waals surface area contributed by atoms with Crippen LogP contribution in [0.3, 0.4) is 0 Å². The zero-order valence-corrected chi connectivity index (χ0v) is 26.4. The Morgan fingerprint density at radius 2 is 1.70 bits per heavy atom. The van der Waals surface area contributed by atoms with Gasteiger partial charge in [0.05, 0.1) is 42.0 Å². The fourth-order valence-electron chi connectivity index (χ4n) is 4.82. The molecular formula is C29H32N4O7S3. The highest BCUT2D eigenvalue weighted by molar-refractivity contribution is 7.89. The van der Waals surface area contributed by atoms with Crippen LogP contribution < -0.4 is 5.32 Å². The number of amides is 2. The van der Waals surface area contributed by atoms with Crippen molar-refractivity contribution in [3.05, 3.63) is 64.5 Å². The first kappa shape index (κ1) is 31.0. The Kier molecular flexibility index (Phi) is 9.74. The second-order valence-electron chi connectivity index (χ2n) is 9.70. The third kappa shape index (κ3) is 6.59. The minimum absolute atomic E-state index is 0.0703. The Balaban J connectivity index is 1.43. The lowest BCUT2D eigenvalue weighted by molar-refractivity contribution is 0.102. The number of fused-ring (bicyclic) bond motifs is 2. The number of benzene rings is 2. The van der Waals surface area contributed by atoms with E-state index in [2.05, 4.69) is 5.32 Å². The molecule has 0 fully saturated rings. The molecule has 4 aromatic rings. The van der Waals surface area contributed by atoms with Crippen LogP contribution in [0.5, 0.6) is 0 Å². The van der Waals surface area contributed by atoms with E-state index in [0.717, 1.165) is 31.2 Å². The van der Waals surface area contributed by atoms with Crippen LogP contribution in [0.1, 0.15) is 20.8 Å². The van der Waals surface area contributed by atoms with Crippen LogP contribution in [0.25, 0.3) is 20.8 Å². The normalized spacial score (nSPS) is 13.3. The minimum Gasteiger partial charge on any atom is -0.453 e. The maximum atomic E-state index is 13.5. The Hall–Kier alpha value is -3.40. The number of carbonyl (C=O) groups is 2. The van der Waals surface area contributed by atoms with Crippen molar-refractivity contribution < 1.29 is 32.2 Å². The van der Waals surface area contributed by atoms with E-state index in [4.69, 9.17) is 19.2 Å². The monoisotopic (exact) mass is 644 g/mol. The van der Waals surface area contributed by atoms with Gasteiger partial charge in [-0.1, -0.05) is 12.1 Å². The number of methoxy groups -OCH3 is 3. The van der Waals surface area contributed by atoms with E-state index in [1.54, 1.807) is 16.2 Å². The second-order valence-corrected chi connectivity index (χ2v) is 13.8. The molecule has 0 bridgehead atoms. The van der Waals surface area contributed by atoms with E-state index in [1.165, 1.54) is 61.2 Å². The summed E-state index contributed by atoms with van der Waals surface area (Å²) in [5.74, 6) is -0.384. The van der Waals surface area contributed by atoms with Gasteiger partial charge in [-0.25, -0.2) is 18.2 Å². The van der Waals surface area contributed by atoms with Crippen LogP contribution in [0.15, 0.2) is 53.4 Å². The number of para-hydroxylation sites is 1. The van der Waals surface area contributed by atoms with Gasteiger partial charge in [0, 0.05) is 49.9 Å². The fourth-order valence-corrected chi connectivity index (χ4v) is 8.60. The quantitative estimate of drug-likeness (QED) is 0.249. The number of hydrogen-bond acceptors (Lipinski definition) is 10. The Morgan fingerprint density at radius 1 is 1.00 bits per heavy atom. The highest BCUT2D eigenvalue weighted by Gasteiger charge is 2.30. The average molecular weight is 645 g/mol. The molecule has 1 aliphatic heterocycles. The molecule has 5 rings (SSSR count). The standard InChI is InChI=1S/C29H32N4O7S3/c1-38-16-14-33(15-17-39-2)43(36,37)20-10-8-19(9-11-20)26(34)31-28-25(27-30-22-6-4-5-7-23(22)41-27)21-12-13-32(29(35)40-3)18-24(21)42-28/h4-11H,12-18H2,1-3H3,(H,31,34). The van der Waals surface area contributed by atoms with Gasteiger partial charge in [-0.15, -0.1) is 22.7 Å². The lowest BCUT2D eigenvalue weighted by atomic mass is 10.0. The molecule has 14 heteroatoms. The van der Waals surface area contributed by atoms with Gasteiger partial charge in [0.15, 0.2) is 0 Å². The van der Waals surface area contributed by atoms with Crippen molar-refractivity contribution in [1.82, 2.24) is 14.2 Å². The van der Waals surface area contributed by atoms with Crippen LogP contribution >= 0.6 is 22.7 Å². The van der Waals surface area contributed by atoms with Gasteiger partial charge >= 0.3 is 6.09 Å². The lowest BCUT2D eigenvalue weighted by Gasteiger charge is -2.25. The molecule has 1 aliphatic rings. The molecule has 0 saturated carbocycles. The number of nitrogens with one attached hydrogen (secondary N) is 1. The summed E-state index contributed by atoms with van der Waals surface area (Å²) in [6, 6.07) is 13.7. The van der Waals surface area contributed by atoms with Gasteiger partial charge < -0.3 is 24.4 Å². The van der Waals surface area contributed by atoms with E-state index in [9.17, 15) is 18.0 Å². The highest BCUT2D eigenvalue weighted by atomic mass is 32.2. The molecule has 2 amide bonds. The van der Waals surface area contributed by atoms with E-state index in [0.29, 0.717) is 30.1 Å². The number of ether oxygens (including phenoxy) is 3. The average Bonchev–Trinajstić information content (AvgIpc) is 3.60. The smallest absolute Gasteiger partial charge is 0.409 e. The first-order chi connectivity index (χ1) is 20.8. The zero-order chi connectivity index (χ0) is 30.6. The molecule has 0 atom stereocenters. The number of hydrogen-bond donors (Lipinski definition) is 1. The van der Waals surface area contributed by atoms with Crippen LogP contribution in [0.2, 0.25) is 0 Å². The van der Waals surface area contributed by atoms with E-state index < -0.39 is 16.1 Å². The summed E-state index contributed by atoms with van der Waals surface area (Å²) in [5, 5.41) is 4.45.